The Balaban J connectivity index is 2.35. The topological polar surface area (TPSA) is 49.4 Å². The second-order valence-corrected chi connectivity index (χ2v) is 6.12. The number of halogens is 1. The molecule has 0 bridgehead atoms. The largest absolute Gasteiger partial charge is 0.352 e. The van der Waals surface area contributed by atoms with Gasteiger partial charge < -0.3 is 10.2 Å². The van der Waals surface area contributed by atoms with Crippen molar-refractivity contribution in [3.63, 3.8) is 0 Å². The molecule has 0 spiro atoms. The SMILES string of the molecule is C[C@H](CC(=O)NCc1cccc(Br)c1)CC(=O)N(C)C. The van der Waals surface area contributed by atoms with E-state index in [9.17, 15) is 9.59 Å². The zero-order chi connectivity index (χ0) is 15.1. The van der Waals surface area contributed by atoms with Crippen molar-refractivity contribution >= 4 is 27.7 Å². The molecule has 20 heavy (non-hydrogen) atoms. The summed E-state index contributed by atoms with van der Waals surface area (Å²) in [6.07, 6.45) is 0.769. The maximum absolute atomic E-state index is 11.8. The summed E-state index contributed by atoms with van der Waals surface area (Å²) in [5, 5.41) is 2.87. The summed E-state index contributed by atoms with van der Waals surface area (Å²) in [5.41, 5.74) is 1.05. The first-order chi connectivity index (χ1) is 9.38. The number of hydrogen-bond donors (Lipinski definition) is 1. The summed E-state index contributed by atoms with van der Waals surface area (Å²) >= 11 is 3.40. The van der Waals surface area contributed by atoms with Crippen LogP contribution >= 0.6 is 15.9 Å². The molecule has 0 radical (unpaired) electrons. The van der Waals surface area contributed by atoms with Gasteiger partial charge in [0.1, 0.15) is 0 Å². The molecule has 1 N–H and O–H groups in total. The van der Waals surface area contributed by atoms with E-state index in [0.29, 0.717) is 19.4 Å². The molecule has 110 valence electrons. The highest BCUT2D eigenvalue weighted by Gasteiger charge is 2.14. The lowest BCUT2D eigenvalue weighted by atomic mass is 10.0. The van der Waals surface area contributed by atoms with Gasteiger partial charge in [-0.1, -0.05) is 35.0 Å². The van der Waals surface area contributed by atoms with E-state index in [1.165, 1.54) is 0 Å². The molecule has 1 aromatic rings. The van der Waals surface area contributed by atoms with Crippen LogP contribution in [0.2, 0.25) is 0 Å². The van der Waals surface area contributed by atoms with Gasteiger partial charge in [0.2, 0.25) is 11.8 Å². The third-order valence-electron chi connectivity index (χ3n) is 2.93. The minimum absolute atomic E-state index is 0.0240. The maximum Gasteiger partial charge on any atom is 0.222 e. The fraction of sp³-hybridized carbons (Fsp3) is 0.467. The Morgan fingerprint density at radius 1 is 1.30 bits per heavy atom. The first-order valence-corrected chi connectivity index (χ1v) is 7.39. The molecule has 0 aliphatic heterocycles. The van der Waals surface area contributed by atoms with Gasteiger partial charge in [0, 0.05) is 38.0 Å². The van der Waals surface area contributed by atoms with Gasteiger partial charge >= 0.3 is 0 Å². The molecule has 4 nitrogen and oxygen atoms in total. The molecule has 1 atom stereocenters. The first kappa shape index (κ1) is 16.7. The Hall–Kier alpha value is -1.36. The van der Waals surface area contributed by atoms with Crippen LogP contribution in [0.25, 0.3) is 0 Å². The number of amides is 2. The van der Waals surface area contributed by atoms with Gasteiger partial charge in [0.15, 0.2) is 0 Å². The fourth-order valence-corrected chi connectivity index (χ4v) is 2.24. The molecule has 1 aromatic carbocycles. The molecule has 0 aromatic heterocycles. The highest BCUT2D eigenvalue weighted by atomic mass is 79.9. The fourth-order valence-electron chi connectivity index (χ4n) is 1.79. The maximum atomic E-state index is 11.8. The van der Waals surface area contributed by atoms with Crippen molar-refractivity contribution in [1.29, 1.82) is 0 Å². The molecule has 0 heterocycles. The molecule has 0 saturated heterocycles. The van der Waals surface area contributed by atoms with Crippen molar-refractivity contribution in [3.05, 3.63) is 34.3 Å². The van der Waals surface area contributed by atoms with Gasteiger partial charge in [0.25, 0.3) is 0 Å². The van der Waals surface area contributed by atoms with Crippen molar-refractivity contribution in [2.45, 2.75) is 26.3 Å². The molecular weight excluding hydrogens is 320 g/mol. The van der Waals surface area contributed by atoms with Gasteiger partial charge in [0.05, 0.1) is 0 Å². The molecular formula is C15H21BrN2O2. The van der Waals surface area contributed by atoms with E-state index in [4.69, 9.17) is 0 Å². The van der Waals surface area contributed by atoms with Crippen LogP contribution in [-0.4, -0.2) is 30.8 Å². The van der Waals surface area contributed by atoms with Crippen LogP contribution in [0, 0.1) is 5.92 Å². The van der Waals surface area contributed by atoms with Crippen molar-refractivity contribution in [1.82, 2.24) is 10.2 Å². The highest BCUT2D eigenvalue weighted by Crippen LogP contribution is 2.12. The van der Waals surface area contributed by atoms with Crippen molar-refractivity contribution < 1.29 is 9.59 Å². The van der Waals surface area contributed by atoms with Crippen LogP contribution in [0.4, 0.5) is 0 Å². The van der Waals surface area contributed by atoms with Crippen LogP contribution in [0.15, 0.2) is 28.7 Å². The van der Waals surface area contributed by atoms with Gasteiger partial charge in [-0.15, -0.1) is 0 Å². The van der Waals surface area contributed by atoms with Crippen LogP contribution in [0.3, 0.4) is 0 Å². The summed E-state index contributed by atoms with van der Waals surface area (Å²) in [7, 11) is 3.45. The second-order valence-electron chi connectivity index (χ2n) is 5.21. The van der Waals surface area contributed by atoms with Crippen LogP contribution in [0.5, 0.6) is 0 Å². The quantitative estimate of drug-likeness (QED) is 0.865. The zero-order valence-electron chi connectivity index (χ0n) is 12.1. The molecule has 1 rings (SSSR count). The third kappa shape index (κ3) is 6.19. The van der Waals surface area contributed by atoms with E-state index in [0.717, 1.165) is 10.0 Å². The molecule has 5 heteroatoms. The van der Waals surface area contributed by atoms with Gasteiger partial charge in [-0.25, -0.2) is 0 Å². The minimum atomic E-state index is -0.0240. The van der Waals surface area contributed by atoms with E-state index in [2.05, 4.69) is 21.2 Å². The van der Waals surface area contributed by atoms with Crippen LogP contribution in [-0.2, 0) is 16.1 Å². The molecule has 0 aliphatic carbocycles. The molecule has 0 saturated carbocycles. The number of carbonyl (C=O) groups is 2. The van der Waals surface area contributed by atoms with Crippen LogP contribution in [0.1, 0.15) is 25.3 Å². The lowest BCUT2D eigenvalue weighted by molar-refractivity contribution is -0.130. The van der Waals surface area contributed by atoms with Crippen molar-refractivity contribution in [3.8, 4) is 0 Å². The van der Waals surface area contributed by atoms with E-state index < -0.39 is 0 Å². The summed E-state index contributed by atoms with van der Waals surface area (Å²) in [4.78, 5) is 24.9. The Morgan fingerprint density at radius 2 is 2.00 bits per heavy atom. The van der Waals surface area contributed by atoms with Crippen molar-refractivity contribution in [2.75, 3.05) is 14.1 Å². The summed E-state index contributed by atoms with van der Waals surface area (Å²) in [6.45, 7) is 2.42. The second kappa shape index (κ2) is 8.04. The van der Waals surface area contributed by atoms with Gasteiger partial charge in [-0.2, -0.15) is 0 Å². The monoisotopic (exact) mass is 340 g/mol. The molecule has 2 amide bonds. The third-order valence-corrected chi connectivity index (χ3v) is 3.43. The summed E-state index contributed by atoms with van der Waals surface area (Å²) < 4.78 is 0.995. The number of benzene rings is 1. The number of carbonyl (C=O) groups excluding carboxylic acids is 2. The first-order valence-electron chi connectivity index (χ1n) is 6.59. The number of hydrogen-bond acceptors (Lipinski definition) is 2. The standard InChI is InChI=1S/C15H21BrN2O2/c1-11(8-15(20)18(2)3)7-14(19)17-10-12-5-4-6-13(16)9-12/h4-6,9,11H,7-8,10H2,1-3H3,(H,17,19)/t11-/m1/s1. The molecule has 0 aliphatic rings. The lowest BCUT2D eigenvalue weighted by Crippen LogP contribution is -2.28. The number of rotatable bonds is 6. The Kier molecular flexibility index (Phi) is 6.71. The average molecular weight is 341 g/mol. The predicted octanol–water partition coefficient (Wildman–Crippen LogP) is 2.57. The molecule has 0 unspecified atom stereocenters. The Bertz CT molecular complexity index is 475. The summed E-state index contributed by atoms with van der Waals surface area (Å²) in [6, 6.07) is 7.81. The minimum Gasteiger partial charge on any atom is -0.352 e. The predicted molar refractivity (Wildman–Crippen MR) is 83.1 cm³/mol. The van der Waals surface area contributed by atoms with E-state index in [1.807, 2.05) is 31.2 Å². The smallest absolute Gasteiger partial charge is 0.222 e. The Morgan fingerprint density at radius 3 is 2.60 bits per heavy atom. The number of nitrogens with zero attached hydrogens (tertiary/aromatic N) is 1. The lowest BCUT2D eigenvalue weighted by Gasteiger charge is -2.15. The van der Waals surface area contributed by atoms with E-state index in [-0.39, 0.29) is 17.7 Å². The highest BCUT2D eigenvalue weighted by molar-refractivity contribution is 9.10. The van der Waals surface area contributed by atoms with Crippen LogP contribution < -0.4 is 5.32 Å². The van der Waals surface area contributed by atoms with E-state index in [1.54, 1.807) is 19.0 Å². The Labute approximate surface area is 128 Å². The van der Waals surface area contributed by atoms with Gasteiger partial charge in [-0.3, -0.25) is 9.59 Å². The van der Waals surface area contributed by atoms with Crippen molar-refractivity contribution in [2.24, 2.45) is 5.92 Å². The average Bonchev–Trinajstić information content (AvgIpc) is 2.36. The molecule has 0 fully saturated rings. The number of nitrogens with one attached hydrogen (secondary N) is 1. The van der Waals surface area contributed by atoms with E-state index >= 15 is 0 Å². The van der Waals surface area contributed by atoms with Gasteiger partial charge in [-0.05, 0) is 23.6 Å². The zero-order valence-corrected chi connectivity index (χ0v) is 13.7. The summed E-state index contributed by atoms with van der Waals surface area (Å²) in [5.74, 6) is 0.0775. The normalized spacial score (nSPS) is 11.8.